The molecule has 18 heavy (non-hydrogen) atoms. The topological polar surface area (TPSA) is 20.3 Å². The molecule has 1 radical (unpaired) electrons. The second kappa shape index (κ2) is 5.05. The van der Waals surface area contributed by atoms with E-state index in [4.69, 9.17) is 0 Å². The first kappa shape index (κ1) is 12.4. The third-order valence-corrected chi connectivity index (χ3v) is 3.35. The zero-order valence-electron chi connectivity index (χ0n) is 10.6. The summed E-state index contributed by atoms with van der Waals surface area (Å²) in [7, 11) is 1.91. The normalized spacial score (nSPS) is 13.7. The summed E-state index contributed by atoms with van der Waals surface area (Å²) in [5.41, 5.74) is 1.15. The van der Waals surface area contributed by atoms with Crippen molar-refractivity contribution in [2.24, 2.45) is 0 Å². The largest absolute Gasteiger partial charge is 0.358 e. The summed E-state index contributed by atoms with van der Waals surface area (Å²) in [5, 5.41) is 0. The molecule has 0 unspecified atom stereocenters. The quantitative estimate of drug-likeness (QED) is 0.815. The molecule has 2 heteroatoms. The van der Waals surface area contributed by atoms with Gasteiger partial charge in [-0.25, -0.2) is 0 Å². The van der Waals surface area contributed by atoms with Crippen molar-refractivity contribution < 1.29 is 4.79 Å². The monoisotopic (exact) mass is 238 g/mol. The maximum Gasteiger partial charge on any atom is 0.230 e. The van der Waals surface area contributed by atoms with Gasteiger partial charge >= 0.3 is 0 Å². The molecule has 0 saturated carbocycles. The van der Waals surface area contributed by atoms with Gasteiger partial charge in [0.1, 0.15) is 5.54 Å². The van der Waals surface area contributed by atoms with E-state index in [0.29, 0.717) is 0 Å². The minimum atomic E-state index is -0.775. The van der Waals surface area contributed by atoms with Gasteiger partial charge in [-0.15, -0.1) is 0 Å². The molecule has 1 atom stereocenters. The summed E-state index contributed by atoms with van der Waals surface area (Å²) in [6.07, 6.45) is 2.17. The fourth-order valence-corrected chi connectivity index (χ4v) is 1.99. The van der Waals surface area contributed by atoms with Gasteiger partial charge in [-0.2, -0.15) is 0 Å². The standard InChI is InChI=1S/C16H16NO/c1-16(13-18,14-9-5-3-6-10-14)17(2)15-11-7-4-8-12-15/h3-12H,1-2H3/t16-/m0/s1. The molecular weight excluding hydrogens is 222 g/mol. The molecule has 0 amide bonds. The van der Waals surface area contributed by atoms with Crippen molar-refractivity contribution in [3.63, 3.8) is 0 Å². The van der Waals surface area contributed by atoms with Crippen LogP contribution in [0.3, 0.4) is 0 Å². The van der Waals surface area contributed by atoms with E-state index < -0.39 is 5.54 Å². The molecule has 0 aliphatic carbocycles. The molecule has 0 spiro atoms. The molecule has 0 aliphatic rings. The van der Waals surface area contributed by atoms with Gasteiger partial charge in [0.25, 0.3) is 0 Å². The molecule has 0 N–H and O–H groups in total. The van der Waals surface area contributed by atoms with Crippen molar-refractivity contribution >= 4 is 12.0 Å². The summed E-state index contributed by atoms with van der Waals surface area (Å²) in [5.74, 6) is 0. The number of hydrogen-bond donors (Lipinski definition) is 0. The molecule has 0 bridgehead atoms. The van der Waals surface area contributed by atoms with Crippen LogP contribution in [-0.2, 0) is 10.3 Å². The molecule has 0 saturated heterocycles. The van der Waals surface area contributed by atoms with E-state index in [1.807, 2.05) is 79.5 Å². The first-order valence-electron chi connectivity index (χ1n) is 5.92. The number of nitrogens with zero attached hydrogens (tertiary/aromatic N) is 1. The Morgan fingerprint density at radius 3 is 1.94 bits per heavy atom. The van der Waals surface area contributed by atoms with Gasteiger partial charge in [0.15, 0.2) is 0 Å². The van der Waals surface area contributed by atoms with Gasteiger partial charge in [0.05, 0.1) is 0 Å². The highest BCUT2D eigenvalue weighted by Gasteiger charge is 2.32. The molecule has 0 aromatic heterocycles. The van der Waals surface area contributed by atoms with Crippen LogP contribution in [0.4, 0.5) is 5.69 Å². The first-order valence-corrected chi connectivity index (χ1v) is 5.92. The van der Waals surface area contributed by atoms with Crippen LogP contribution in [0.2, 0.25) is 0 Å². The number of para-hydroxylation sites is 1. The Morgan fingerprint density at radius 2 is 1.44 bits per heavy atom. The second-order valence-electron chi connectivity index (χ2n) is 4.43. The van der Waals surface area contributed by atoms with Crippen LogP contribution < -0.4 is 4.90 Å². The first-order chi connectivity index (χ1) is 8.68. The van der Waals surface area contributed by atoms with E-state index >= 15 is 0 Å². The Labute approximate surface area is 108 Å². The Hall–Kier alpha value is -2.09. The van der Waals surface area contributed by atoms with Crippen molar-refractivity contribution in [1.82, 2.24) is 0 Å². The van der Waals surface area contributed by atoms with Gasteiger partial charge in [0.2, 0.25) is 6.29 Å². The lowest BCUT2D eigenvalue weighted by molar-refractivity contribution is 0.498. The molecule has 2 aromatic rings. The average Bonchev–Trinajstić information content (AvgIpc) is 2.47. The average molecular weight is 238 g/mol. The number of carbonyl (C=O) groups excluding carboxylic acids is 1. The van der Waals surface area contributed by atoms with Crippen molar-refractivity contribution in [2.75, 3.05) is 11.9 Å². The number of benzene rings is 2. The molecule has 2 aromatic carbocycles. The van der Waals surface area contributed by atoms with Gasteiger partial charge in [-0.1, -0.05) is 48.5 Å². The van der Waals surface area contributed by atoms with Crippen LogP contribution in [0.25, 0.3) is 0 Å². The fraction of sp³-hybridized carbons (Fsp3) is 0.188. The van der Waals surface area contributed by atoms with Gasteiger partial charge in [-0.05, 0) is 24.6 Å². The zero-order chi connectivity index (χ0) is 13.0. The molecule has 2 rings (SSSR count). The van der Waals surface area contributed by atoms with Crippen LogP contribution in [0.5, 0.6) is 0 Å². The highest BCUT2D eigenvalue weighted by Crippen LogP contribution is 2.29. The van der Waals surface area contributed by atoms with E-state index in [1.165, 1.54) is 0 Å². The smallest absolute Gasteiger partial charge is 0.230 e. The van der Waals surface area contributed by atoms with E-state index in [0.717, 1.165) is 11.3 Å². The molecule has 0 aliphatic heterocycles. The lowest BCUT2D eigenvalue weighted by Gasteiger charge is -2.35. The van der Waals surface area contributed by atoms with Gasteiger partial charge in [-0.3, -0.25) is 4.79 Å². The lowest BCUT2D eigenvalue weighted by Crippen LogP contribution is -2.42. The Morgan fingerprint density at radius 1 is 0.944 bits per heavy atom. The highest BCUT2D eigenvalue weighted by molar-refractivity contribution is 5.74. The minimum absolute atomic E-state index is 0.775. The van der Waals surface area contributed by atoms with Crippen LogP contribution in [0.15, 0.2) is 60.7 Å². The predicted octanol–water partition coefficient (Wildman–Crippen LogP) is 3.15. The van der Waals surface area contributed by atoms with Crippen LogP contribution in [-0.4, -0.2) is 13.3 Å². The number of hydrogen-bond acceptors (Lipinski definition) is 2. The molecule has 0 heterocycles. The Kier molecular flexibility index (Phi) is 3.47. The van der Waals surface area contributed by atoms with Crippen LogP contribution >= 0.6 is 0 Å². The van der Waals surface area contributed by atoms with Crippen molar-refractivity contribution in [1.29, 1.82) is 0 Å². The van der Waals surface area contributed by atoms with Crippen molar-refractivity contribution in [2.45, 2.75) is 12.5 Å². The second-order valence-corrected chi connectivity index (χ2v) is 4.43. The van der Waals surface area contributed by atoms with E-state index in [9.17, 15) is 4.79 Å². The molecule has 2 nitrogen and oxygen atoms in total. The van der Waals surface area contributed by atoms with Gasteiger partial charge < -0.3 is 4.90 Å². The molecule has 91 valence electrons. The summed E-state index contributed by atoms with van der Waals surface area (Å²) in [6.45, 7) is 1.88. The third-order valence-electron chi connectivity index (χ3n) is 3.35. The molecular formula is C16H16NO. The number of anilines is 1. The number of rotatable bonds is 4. The van der Waals surface area contributed by atoms with E-state index in [2.05, 4.69) is 6.29 Å². The maximum absolute atomic E-state index is 11.5. The summed E-state index contributed by atoms with van der Waals surface area (Å²) in [6, 6.07) is 19.6. The lowest BCUT2D eigenvalue weighted by atomic mass is 9.91. The summed E-state index contributed by atoms with van der Waals surface area (Å²) >= 11 is 0. The van der Waals surface area contributed by atoms with Crippen LogP contribution in [0.1, 0.15) is 12.5 Å². The maximum atomic E-state index is 11.5. The van der Waals surface area contributed by atoms with Gasteiger partial charge in [0, 0.05) is 12.7 Å². The third kappa shape index (κ3) is 2.14. The predicted molar refractivity (Wildman–Crippen MR) is 74.3 cm³/mol. The summed E-state index contributed by atoms with van der Waals surface area (Å²) in [4.78, 5) is 13.4. The van der Waals surface area contributed by atoms with Crippen LogP contribution in [0, 0.1) is 0 Å². The zero-order valence-corrected chi connectivity index (χ0v) is 10.6. The summed E-state index contributed by atoms with van der Waals surface area (Å²) < 4.78 is 0. The highest BCUT2D eigenvalue weighted by atomic mass is 16.1. The number of likely N-dealkylation sites (N-methyl/N-ethyl adjacent to an activating group) is 1. The Bertz CT molecular complexity index is 509. The van der Waals surface area contributed by atoms with Crippen molar-refractivity contribution in [3.05, 3.63) is 66.2 Å². The van der Waals surface area contributed by atoms with Crippen molar-refractivity contribution in [3.8, 4) is 0 Å². The van der Waals surface area contributed by atoms with E-state index in [-0.39, 0.29) is 0 Å². The SMILES string of the molecule is CN(c1ccccc1)[C@@](C)([C]=O)c1ccccc1. The Balaban J connectivity index is 2.42. The minimum Gasteiger partial charge on any atom is -0.358 e. The molecule has 0 fully saturated rings. The van der Waals surface area contributed by atoms with E-state index in [1.54, 1.807) is 0 Å². The fourth-order valence-electron chi connectivity index (χ4n) is 1.99.